The van der Waals surface area contributed by atoms with Crippen LogP contribution >= 0.6 is 0 Å². The molecule has 2 aliphatic rings. The van der Waals surface area contributed by atoms with Crippen molar-refractivity contribution in [2.75, 3.05) is 19.7 Å². The number of rotatable bonds is 6. The highest BCUT2D eigenvalue weighted by Crippen LogP contribution is 2.28. The molecule has 0 atom stereocenters. The minimum Gasteiger partial charge on any atom is -0.461 e. The molecule has 6 heteroatoms. The van der Waals surface area contributed by atoms with Crippen molar-refractivity contribution in [3.8, 4) is 0 Å². The molecule has 0 bridgehead atoms. The molecule has 4 rings (SSSR count). The summed E-state index contributed by atoms with van der Waals surface area (Å²) < 4.78 is 32.9. The zero-order valence-electron chi connectivity index (χ0n) is 17.0. The number of sulfonamides is 1. The van der Waals surface area contributed by atoms with Gasteiger partial charge in [0.2, 0.25) is 10.0 Å². The predicted molar refractivity (Wildman–Crippen MR) is 116 cm³/mol. The highest BCUT2D eigenvalue weighted by Gasteiger charge is 2.33. The fourth-order valence-corrected chi connectivity index (χ4v) is 5.71. The molecule has 0 spiro atoms. The van der Waals surface area contributed by atoms with Crippen molar-refractivity contribution in [3.63, 3.8) is 0 Å². The maximum Gasteiger partial charge on any atom is 0.309 e. The third kappa shape index (κ3) is 4.65. The van der Waals surface area contributed by atoms with Crippen LogP contribution in [0.1, 0.15) is 36.0 Å². The van der Waals surface area contributed by atoms with Gasteiger partial charge in [-0.3, -0.25) is 4.79 Å². The molecule has 1 aliphatic heterocycles. The van der Waals surface area contributed by atoms with Gasteiger partial charge >= 0.3 is 5.97 Å². The van der Waals surface area contributed by atoms with E-state index in [1.54, 1.807) is 6.07 Å². The highest BCUT2D eigenvalue weighted by atomic mass is 32.2. The summed E-state index contributed by atoms with van der Waals surface area (Å²) in [6.07, 6.45) is 7.79. The van der Waals surface area contributed by atoms with Crippen molar-refractivity contribution >= 4 is 22.1 Å². The van der Waals surface area contributed by atoms with E-state index in [0.717, 1.165) is 30.4 Å². The standard InChI is InChI=1S/C24H27NO4S/c26-24(29-17-5-8-19-6-2-1-3-7-19)21-13-15-25(16-14-21)30(27,28)23-12-11-20-9-4-10-22(20)18-23/h1-3,5-8,11-12,18,21H,4,9-10,13-17H2/b8-5+. The average Bonchev–Trinajstić information content (AvgIpc) is 3.25. The zero-order valence-corrected chi connectivity index (χ0v) is 17.8. The second kappa shape index (κ2) is 9.14. The molecule has 1 saturated heterocycles. The summed E-state index contributed by atoms with van der Waals surface area (Å²) in [5.41, 5.74) is 3.47. The van der Waals surface area contributed by atoms with Crippen LogP contribution in [0.25, 0.3) is 6.08 Å². The number of piperidine rings is 1. The molecule has 0 amide bonds. The van der Waals surface area contributed by atoms with Crippen LogP contribution in [0.5, 0.6) is 0 Å². The van der Waals surface area contributed by atoms with Crippen molar-refractivity contribution in [1.29, 1.82) is 0 Å². The second-order valence-electron chi connectivity index (χ2n) is 7.91. The highest BCUT2D eigenvalue weighted by molar-refractivity contribution is 7.89. The van der Waals surface area contributed by atoms with Crippen molar-refractivity contribution in [2.45, 2.75) is 37.0 Å². The van der Waals surface area contributed by atoms with E-state index < -0.39 is 10.0 Å². The first-order chi connectivity index (χ1) is 14.5. The van der Waals surface area contributed by atoms with Gasteiger partial charge in [0.1, 0.15) is 6.61 Å². The summed E-state index contributed by atoms with van der Waals surface area (Å²) in [4.78, 5) is 12.7. The van der Waals surface area contributed by atoms with Crippen LogP contribution in [0.2, 0.25) is 0 Å². The Morgan fingerprint density at radius 3 is 2.53 bits per heavy atom. The topological polar surface area (TPSA) is 63.7 Å². The van der Waals surface area contributed by atoms with Crippen molar-refractivity contribution in [1.82, 2.24) is 4.31 Å². The number of fused-ring (bicyclic) bond motifs is 1. The Kier molecular flexibility index (Phi) is 6.35. The molecule has 158 valence electrons. The number of ether oxygens (including phenoxy) is 1. The number of hydrogen-bond donors (Lipinski definition) is 0. The van der Waals surface area contributed by atoms with Gasteiger partial charge in [0, 0.05) is 13.1 Å². The number of hydrogen-bond acceptors (Lipinski definition) is 4. The van der Waals surface area contributed by atoms with Gasteiger partial charge in [0.05, 0.1) is 10.8 Å². The fraction of sp³-hybridized carbons (Fsp3) is 0.375. The lowest BCUT2D eigenvalue weighted by atomic mass is 9.98. The Balaban J connectivity index is 1.29. The number of nitrogens with zero attached hydrogens (tertiary/aromatic N) is 1. The SMILES string of the molecule is O=C(OC/C=C/c1ccccc1)C1CCN(S(=O)(=O)c2ccc3c(c2)CCC3)CC1. The van der Waals surface area contributed by atoms with Crippen molar-refractivity contribution in [3.05, 3.63) is 71.3 Å². The monoisotopic (exact) mass is 425 g/mol. The first-order valence-corrected chi connectivity index (χ1v) is 12.0. The average molecular weight is 426 g/mol. The van der Waals surface area contributed by atoms with E-state index in [1.165, 1.54) is 9.87 Å². The van der Waals surface area contributed by atoms with E-state index in [0.29, 0.717) is 30.8 Å². The minimum atomic E-state index is -3.51. The van der Waals surface area contributed by atoms with E-state index in [-0.39, 0.29) is 18.5 Å². The number of aryl methyl sites for hydroxylation is 2. The van der Waals surface area contributed by atoms with Gasteiger partial charge in [-0.2, -0.15) is 4.31 Å². The maximum atomic E-state index is 13.0. The number of esters is 1. The molecule has 2 aromatic carbocycles. The third-order valence-corrected chi connectivity index (χ3v) is 7.82. The summed E-state index contributed by atoms with van der Waals surface area (Å²) in [6.45, 7) is 0.916. The lowest BCUT2D eigenvalue weighted by Crippen LogP contribution is -2.40. The molecule has 5 nitrogen and oxygen atoms in total. The van der Waals surface area contributed by atoms with Crippen LogP contribution in [-0.4, -0.2) is 38.4 Å². The molecule has 30 heavy (non-hydrogen) atoms. The Hall–Kier alpha value is -2.44. The molecule has 0 N–H and O–H groups in total. The van der Waals surface area contributed by atoms with Crippen molar-refractivity contribution < 1.29 is 17.9 Å². The van der Waals surface area contributed by atoms with E-state index >= 15 is 0 Å². The summed E-state index contributed by atoms with van der Waals surface area (Å²) >= 11 is 0. The summed E-state index contributed by atoms with van der Waals surface area (Å²) in [7, 11) is -3.51. The van der Waals surface area contributed by atoms with Crippen LogP contribution in [0.15, 0.2) is 59.5 Å². The zero-order chi connectivity index (χ0) is 21.0. The molecular weight excluding hydrogens is 398 g/mol. The van der Waals surface area contributed by atoms with Gasteiger partial charge in [-0.05, 0) is 67.0 Å². The lowest BCUT2D eigenvalue weighted by Gasteiger charge is -2.30. The van der Waals surface area contributed by atoms with Crippen LogP contribution in [0, 0.1) is 5.92 Å². The molecule has 0 unspecified atom stereocenters. The summed E-state index contributed by atoms with van der Waals surface area (Å²) in [6, 6.07) is 15.3. The van der Waals surface area contributed by atoms with Gasteiger partial charge < -0.3 is 4.74 Å². The Labute approximate surface area is 178 Å². The van der Waals surface area contributed by atoms with Crippen LogP contribution in [-0.2, 0) is 32.4 Å². The maximum absolute atomic E-state index is 13.0. The Morgan fingerprint density at radius 2 is 1.77 bits per heavy atom. The van der Waals surface area contributed by atoms with Gasteiger partial charge in [0.15, 0.2) is 0 Å². The molecule has 2 aromatic rings. The van der Waals surface area contributed by atoms with Crippen LogP contribution < -0.4 is 0 Å². The van der Waals surface area contributed by atoms with E-state index in [2.05, 4.69) is 0 Å². The quantitative estimate of drug-likeness (QED) is 0.660. The largest absolute Gasteiger partial charge is 0.461 e. The number of benzene rings is 2. The Morgan fingerprint density at radius 1 is 1.03 bits per heavy atom. The number of carbonyl (C=O) groups excluding carboxylic acids is 1. The first-order valence-electron chi connectivity index (χ1n) is 10.5. The van der Waals surface area contributed by atoms with Crippen molar-refractivity contribution in [2.24, 2.45) is 5.92 Å². The van der Waals surface area contributed by atoms with Gasteiger partial charge in [-0.1, -0.05) is 42.5 Å². The second-order valence-corrected chi connectivity index (χ2v) is 9.84. The molecule has 0 aromatic heterocycles. The van der Waals surface area contributed by atoms with E-state index in [4.69, 9.17) is 4.74 Å². The fourth-order valence-electron chi connectivity index (χ4n) is 4.19. The molecule has 0 radical (unpaired) electrons. The molecule has 1 aliphatic carbocycles. The Bertz CT molecular complexity index is 1020. The third-order valence-electron chi connectivity index (χ3n) is 5.93. The minimum absolute atomic E-state index is 0.224. The molecule has 1 fully saturated rings. The van der Waals surface area contributed by atoms with Gasteiger partial charge in [-0.25, -0.2) is 8.42 Å². The molecule has 1 heterocycles. The van der Waals surface area contributed by atoms with Crippen LogP contribution in [0.4, 0.5) is 0 Å². The lowest BCUT2D eigenvalue weighted by molar-refractivity contribution is -0.148. The summed E-state index contributed by atoms with van der Waals surface area (Å²) in [5, 5.41) is 0. The first kappa shape index (κ1) is 20.8. The number of carbonyl (C=O) groups is 1. The molecule has 0 saturated carbocycles. The normalized spacial score (nSPS) is 17.9. The smallest absolute Gasteiger partial charge is 0.309 e. The molecular formula is C24H27NO4S. The summed E-state index contributed by atoms with van der Waals surface area (Å²) in [5.74, 6) is -0.496. The van der Waals surface area contributed by atoms with E-state index in [9.17, 15) is 13.2 Å². The van der Waals surface area contributed by atoms with Gasteiger partial charge in [0.25, 0.3) is 0 Å². The van der Waals surface area contributed by atoms with E-state index in [1.807, 2.05) is 54.6 Å². The van der Waals surface area contributed by atoms with Crippen LogP contribution in [0.3, 0.4) is 0 Å². The predicted octanol–water partition coefficient (Wildman–Crippen LogP) is 3.83. The van der Waals surface area contributed by atoms with Gasteiger partial charge in [-0.15, -0.1) is 0 Å².